The fourth-order valence-electron chi connectivity index (χ4n) is 8.14. The maximum atomic E-state index is 14.7. The number of carbonyl (C=O) groups excluding carboxylic acids is 5. The van der Waals surface area contributed by atoms with E-state index in [1.165, 1.54) is 33.4 Å². The van der Waals surface area contributed by atoms with E-state index < -0.39 is 60.2 Å². The van der Waals surface area contributed by atoms with E-state index in [1.54, 1.807) is 19.1 Å². The van der Waals surface area contributed by atoms with E-state index in [4.69, 9.17) is 11.5 Å². The second kappa shape index (κ2) is 23.6. The van der Waals surface area contributed by atoms with Gasteiger partial charge in [0.25, 0.3) is 0 Å². The standard InChI is InChI=1S/C50H61N9O6/c1-33-46(62)57-42(18-11-26-54-50(51)52)48(64)58-43(30-35-19-22-36-12-4-5-14-38(36)28-35)47(63)55-32-45(61)56-44(29-34-20-23-40(60)24-21-34)49(65)59(33)27-9-3-2-8-25-53-31-39-16-10-15-37-13-6-7-17-41(37)39/h4-7,10,12-17,19-24,28,33,42-44,53,60H,2-3,8-9,11,18,25-27,29-32H2,1H3,(H,55,63)(H,56,61)(H,57,62)(H,58,64)(H4,51,52,54)/t33-,42+,43+,44-/m1/s1. The Morgan fingerprint density at radius 3 is 2.15 bits per heavy atom. The minimum absolute atomic E-state index is 0.0406. The number of aliphatic imine (C=N–C) groups is 1. The maximum absolute atomic E-state index is 14.7. The highest BCUT2D eigenvalue weighted by molar-refractivity contribution is 5.97. The van der Waals surface area contributed by atoms with Gasteiger partial charge < -0.3 is 48.1 Å². The quantitative estimate of drug-likeness (QED) is 0.0386. The molecule has 0 aromatic heterocycles. The van der Waals surface area contributed by atoms with Gasteiger partial charge in [0.05, 0.1) is 6.54 Å². The zero-order valence-corrected chi connectivity index (χ0v) is 36.9. The van der Waals surface area contributed by atoms with E-state index in [0.717, 1.165) is 48.7 Å². The molecular formula is C50H61N9O6. The summed E-state index contributed by atoms with van der Waals surface area (Å²) in [4.78, 5) is 76.2. The minimum atomic E-state index is -1.13. The second-order valence-electron chi connectivity index (χ2n) is 16.6. The maximum Gasteiger partial charge on any atom is 0.246 e. The number of carbonyl (C=O) groups is 5. The molecule has 4 atom stereocenters. The predicted molar refractivity (Wildman–Crippen MR) is 253 cm³/mol. The molecule has 15 heteroatoms. The van der Waals surface area contributed by atoms with Crippen LogP contribution in [0.1, 0.15) is 62.1 Å². The van der Waals surface area contributed by atoms with Crippen molar-refractivity contribution in [2.75, 3.05) is 26.2 Å². The van der Waals surface area contributed by atoms with Crippen LogP contribution < -0.4 is 38.1 Å². The van der Waals surface area contributed by atoms with Crippen LogP contribution in [0, 0.1) is 0 Å². The molecule has 6 rings (SSSR count). The molecule has 15 nitrogen and oxygen atoms in total. The number of benzene rings is 5. The first-order chi connectivity index (χ1) is 31.4. The van der Waals surface area contributed by atoms with Crippen molar-refractivity contribution in [2.45, 2.75) is 89.0 Å². The average molecular weight is 884 g/mol. The molecular weight excluding hydrogens is 823 g/mol. The zero-order valence-electron chi connectivity index (χ0n) is 36.9. The lowest BCUT2D eigenvalue weighted by molar-refractivity contribution is -0.143. The Balaban J connectivity index is 1.20. The van der Waals surface area contributed by atoms with Crippen molar-refractivity contribution in [2.24, 2.45) is 16.5 Å². The first-order valence-corrected chi connectivity index (χ1v) is 22.4. The van der Waals surface area contributed by atoms with Crippen molar-refractivity contribution in [3.8, 4) is 5.75 Å². The molecule has 5 aromatic rings. The van der Waals surface area contributed by atoms with Gasteiger partial charge in [-0.1, -0.05) is 110 Å². The number of aromatic hydroxyl groups is 1. The molecule has 10 N–H and O–H groups in total. The molecule has 1 fully saturated rings. The summed E-state index contributed by atoms with van der Waals surface area (Å²) >= 11 is 0. The van der Waals surface area contributed by atoms with Gasteiger partial charge in [0.2, 0.25) is 29.5 Å². The van der Waals surface area contributed by atoms with E-state index in [-0.39, 0.29) is 44.1 Å². The van der Waals surface area contributed by atoms with Crippen molar-refractivity contribution in [3.63, 3.8) is 0 Å². The van der Waals surface area contributed by atoms with Crippen LogP contribution in [0.4, 0.5) is 0 Å². The summed E-state index contributed by atoms with van der Waals surface area (Å²) in [5, 5.41) is 29.1. The number of amides is 5. The number of unbranched alkanes of at least 4 members (excludes halogenated alkanes) is 3. The Labute approximate surface area is 379 Å². The molecule has 0 radical (unpaired) electrons. The van der Waals surface area contributed by atoms with Crippen LogP contribution in [0.2, 0.25) is 0 Å². The Morgan fingerprint density at radius 1 is 0.692 bits per heavy atom. The number of nitrogens with zero attached hydrogens (tertiary/aromatic N) is 2. The summed E-state index contributed by atoms with van der Waals surface area (Å²) in [6.07, 6.45) is 3.69. The van der Waals surface area contributed by atoms with Crippen LogP contribution >= 0.6 is 0 Å². The van der Waals surface area contributed by atoms with E-state index in [0.29, 0.717) is 18.4 Å². The summed E-state index contributed by atoms with van der Waals surface area (Å²) in [5.74, 6) is -3.04. The van der Waals surface area contributed by atoms with E-state index in [2.05, 4.69) is 61.9 Å². The van der Waals surface area contributed by atoms with Crippen LogP contribution in [-0.2, 0) is 43.4 Å². The topological polar surface area (TPSA) is 233 Å². The molecule has 0 bridgehead atoms. The van der Waals surface area contributed by atoms with Gasteiger partial charge in [0.15, 0.2) is 5.96 Å². The molecule has 1 saturated heterocycles. The minimum Gasteiger partial charge on any atom is -0.508 e. The number of fused-ring (bicyclic) bond motifs is 2. The van der Waals surface area contributed by atoms with Gasteiger partial charge in [0.1, 0.15) is 29.9 Å². The summed E-state index contributed by atoms with van der Waals surface area (Å²) < 4.78 is 0. The third kappa shape index (κ3) is 14.0. The van der Waals surface area contributed by atoms with Crippen molar-refractivity contribution in [1.82, 2.24) is 31.5 Å². The van der Waals surface area contributed by atoms with Gasteiger partial charge in [-0.05, 0) is 89.5 Å². The molecule has 0 aliphatic carbocycles. The highest BCUT2D eigenvalue weighted by Crippen LogP contribution is 2.20. The van der Waals surface area contributed by atoms with Crippen LogP contribution in [-0.4, -0.2) is 95.8 Å². The third-order valence-corrected chi connectivity index (χ3v) is 11.7. The van der Waals surface area contributed by atoms with Gasteiger partial charge >= 0.3 is 0 Å². The fraction of sp³-hybridized carbons (Fsp3) is 0.360. The van der Waals surface area contributed by atoms with Crippen molar-refractivity contribution >= 4 is 57.0 Å². The van der Waals surface area contributed by atoms with Gasteiger partial charge in [-0.15, -0.1) is 0 Å². The Hall–Kier alpha value is -7.00. The lowest BCUT2D eigenvalue weighted by atomic mass is 10.0. The van der Waals surface area contributed by atoms with Crippen LogP contribution in [0.5, 0.6) is 5.75 Å². The monoisotopic (exact) mass is 883 g/mol. The molecule has 0 unspecified atom stereocenters. The highest BCUT2D eigenvalue weighted by atomic mass is 16.3. The molecule has 1 aliphatic heterocycles. The van der Waals surface area contributed by atoms with Crippen LogP contribution in [0.3, 0.4) is 0 Å². The predicted octanol–water partition coefficient (Wildman–Crippen LogP) is 3.69. The van der Waals surface area contributed by atoms with Crippen LogP contribution in [0.25, 0.3) is 21.5 Å². The number of hydrogen-bond acceptors (Lipinski definition) is 8. The zero-order chi connectivity index (χ0) is 46.1. The smallest absolute Gasteiger partial charge is 0.246 e. The summed E-state index contributed by atoms with van der Waals surface area (Å²) in [6.45, 7) is 3.05. The molecule has 0 spiro atoms. The van der Waals surface area contributed by atoms with Crippen molar-refractivity contribution < 1.29 is 29.1 Å². The highest BCUT2D eigenvalue weighted by Gasteiger charge is 2.35. The number of hydrogen-bond donors (Lipinski definition) is 8. The summed E-state index contributed by atoms with van der Waals surface area (Å²) in [6, 6.07) is 30.0. The summed E-state index contributed by atoms with van der Waals surface area (Å²) in [5.41, 5.74) is 13.8. The molecule has 1 aliphatic rings. The number of phenols is 1. The number of phenolic OH excluding ortho intramolecular Hbond substituents is 1. The largest absolute Gasteiger partial charge is 0.508 e. The van der Waals surface area contributed by atoms with Gasteiger partial charge in [-0.3, -0.25) is 29.0 Å². The first-order valence-electron chi connectivity index (χ1n) is 22.4. The number of rotatable bonds is 17. The molecule has 0 saturated carbocycles. The SMILES string of the molecule is C[C@@H]1C(=O)N[C@@H](CCCN=C(N)N)C(=O)N[C@@H](Cc2ccc3ccccc3c2)C(=O)NCC(=O)N[C@H](Cc2ccc(O)cc2)C(=O)N1CCCCCCNCc1cccc2ccccc12. The first kappa shape index (κ1) is 47.5. The molecule has 1 heterocycles. The molecule has 5 amide bonds. The number of guanidine groups is 1. The average Bonchev–Trinajstić information content (AvgIpc) is 3.30. The normalized spacial score (nSPS) is 18.8. The summed E-state index contributed by atoms with van der Waals surface area (Å²) in [7, 11) is 0. The molecule has 342 valence electrons. The third-order valence-electron chi connectivity index (χ3n) is 11.7. The molecule has 5 aromatic carbocycles. The van der Waals surface area contributed by atoms with Crippen LogP contribution in [0.15, 0.2) is 114 Å². The Kier molecular flexibility index (Phi) is 17.3. The van der Waals surface area contributed by atoms with Crippen molar-refractivity contribution in [1.29, 1.82) is 0 Å². The number of nitrogens with two attached hydrogens (primary N) is 2. The Bertz CT molecular complexity index is 2450. The van der Waals surface area contributed by atoms with Gasteiger partial charge in [0, 0.05) is 32.5 Å². The lowest BCUT2D eigenvalue weighted by Gasteiger charge is -2.33. The lowest BCUT2D eigenvalue weighted by Crippen LogP contribution is -2.58. The second-order valence-corrected chi connectivity index (χ2v) is 16.6. The fourth-order valence-corrected chi connectivity index (χ4v) is 8.14. The van der Waals surface area contributed by atoms with Gasteiger partial charge in [-0.2, -0.15) is 0 Å². The number of nitrogens with one attached hydrogen (secondary N) is 5. The Morgan fingerprint density at radius 2 is 1.37 bits per heavy atom. The van der Waals surface area contributed by atoms with Crippen molar-refractivity contribution in [3.05, 3.63) is 126 Å². The van der Waals surface area contributed by atoms with E-state index in [9.17, 15) is 29.1 Å². The van der Waals surface area contributed by atoms with E-state index in [1.807, 2.05) is 54.6 Å². The van der Waals surface area contributed by atoms with Gasteiger partial charge in [-0.25, -0.2) is 0 Å². The molecule has 65 heavy (non-hydrogen) atoms. The van der Waals surface area contributed by atoms with E-state index >= 15 is 0 Å².